The number of rotatable bonds is 6. The van der Waals surface area contributed by atoms with Gasteiger partial charge in [0.2, 0.25) is 5.91 Å². The van der Waals surface area contributed by atoms with Crippen LogP contribution in [0, 0.1) is 0 Å². The lowest BCUT2D eigenvalue weighted by atomic mass is 10.1. The Balaban J connectivity index is 1.53. The Morgan fingerprint density at radius 2 is 1.88 bits per heavy atom. The van der Waals surface area contributed by atoms with Gasteiger partial charge in [-0.3, -0.25) is 9.59 Å². The monoisotopic (exact) mass is 325 g/mol. The molecule has 0 fully saturated rings. The lowest BCUT2D eigenvalue weighted by Gasteiger charge is -2.12. The van der Waals surface area contributed by atoms with E-state index >= 15 is 0 Å². The molecular formula is C19H19NO4. The number of ketones is 1. The van der Waals surface area contributed by atoms with E-state index in [1.54, 1.807) is 12.1 Å². The Morgan fingerprint density at radius 3 is 2.71 bits per heavy atom. The molecular weight excluding hydrogens is 306 g/mol. The van der Waals surface area contributed by atoms with Crippen molar-refractivity contribution in [2.45, 2.75) is 19.8 Å². The molecule has 1 N–H and O–H groups in total. The van der Waals surface area contributed by atoms with Crippen LogP contribution in [0.25, 0.3) is 0 Å². The molecule has 24 heavy (non-hydrogen) atoms. The number of Topliss-reactive ketones (excluding diaryl/α,β-unsaturated/α-hetero) is 1. The first kappa shape index (κ1) is 16.1. The Hall–Kier alpha value is -2.82. The number of carbonyl (C=O) groups is 2. The van der Waals surface area contributed by atoms with Gasteiger partial charge in [-0.25, -0.2) is 0 Å². The number of nitrogens with one attached hydrogen (secondary N) is 1. The van der Waals surface area contributed by atoms with Crippen molar-refractivity contribution in [1.29, 1.82) is 0 Å². The predicted octanol–water partition coefficient (Wildman–Crippen LogP) is 3.23. The van der Waals surface area contributed by atoms with Gasteiger partial charge < -0.3 is 14.8 Å². The highest BCUT2D eigenvalue weighted by Gasteiger charge is 2.22. The van der Waals surface area contributed by atoms with Crippen LogP contribution in [0.3, 0.4) is 0 Å². The zero-order valence-electron chi connectivity index (χ0n) is 13.5. The quantitative estimate of drug-likeness (QED) is 0.828. The molecule has 2 aromatic rings. The molecule has 0 saturated carbocycles. The first-order valence-electron chi connectivity index (χ1n) is 7.92. The largest absolute Gasteiger partial charge is 0.490 e. The summed E-state index contributed by atoms with van der Waals surface area (Å²) in [6.45, 7) is 2.22. The molecule has 0 heterocycles. The summed E-state index contributed by atoms with van der Waals surface area (Å²) in [5, 5.41) is 2.71. The summed E-state index contributed by atoms with van der Waals surface area (Å²) in [4.78, 5) is 22.8. The first-order valence-corrected chi connectivity index (χ1v) is 7.92. The normalized spacial score (nSPS) is 12.6. The van der Waals surface area contributed by atoms with Gasteiger partial charge in [0.25, 0.3) is 0 Å². The minimum Gasteiger partial charge on any atom is -0.490 e. The van der Waals surface area contributed by atoms with Crippen molar-refractivity contribution in [3.05, 3.63) is 53.6 Å². The first-order chi connectivity index (χ1) is 11.6. The maximum Gasteiger partial charge on any atom is 0.221 e. The summed E-state index contributed by atoms with van der Waals surface area (Å²) in [6, 6.07) is 12.8. The van der Waals surface area contributed by atoms with E-state index in [0.717, 1.165) is 23.3 Å². The van der Waals surface area contributed by atoms with Gasteiger partial charge in [-0.2, -0.15) is 0 Å². The van der Waals surface area contributed by atoms with Gasteiger partial charge in [0.1, 0.15) is 24.7 Å². The van der Waals surface area contributed by atoms with E-state index in [2.05, 4.69) is 5.32 Å². The van der Waals surface area contributed by atoms with Crippen molar-refractivity contribution in [3.63, 3.8) is 0 Å². The van der Waals surface area contributed by atoms with E-state index in [9.17, 15) is 9.59 Å². The van der Waals surface area contributed by atoms with Crippen molar-refractivity contribution >= 4 is 17.4 Å². The average Bonchev–Trinajstić information content (AvgIpc) is 2.94. The van der Waals surface area contributed by atoms with Crippen LogP contribution >= 0.6 is 0 Å². The highest BCUT2D eigenvalue weighted by Crippen LogP contribution is 2.30. The third-order valence-corrected chi connectivity index (χ3v) is 3.80. The van der Waals surface area contributed by atoms with Gasteiger partial charge in [0.15, 0.2) is 5.78 Å². The van der Waals surface area contributed by atoms with Crippen LogP contribution in [0.1, 0.15) is 29.3 Å². The fourth-order valence-corrected chi connectivity index (χ4v) is 2.77. The number of benzene rings is 2. The second-order valence-electron chi connectivity index (χ2n) is 5.61. The standard InChI is InChI=1S/C19H19NO4/c1-13(21)20-14-4-2-5-15(12-14)23-10-11-24-19-7-3-6-16-17(19)8-9-18(16)22/h2-7,12H,8-11H2,1H3,(H,20,21). The van der Waals surface area contributed by atoms with Gasteiger partial charge in [0, 0.05) is 36.2 Å². The van der Waals surface area contributed by atoms with Crippen LogP contribution in [0.15, 0.2) is 42.5 Å². The Kier molecular flexibility index (Phi) is 4.79. The van der Waals surface area contributed by atoms with Gasteiger partial charge in [-0.15, -0.1) is 0 Å². The van der Waals surface area contributed by atoms with Crippen molar-refractivity contribution in [2.24, 2.45) is 0 Å². The molecule has 0 saturated heterocycles. The molecule has 5 heteroatoms. The smallest absolute Gasteiger partial charge is 0.221 e. The summed E-state index contributed by atoms with van der Waals surface area (Å²) < 4.78 is 11.4. The van der Waals surface area contributed by atoms with Gasteiger partial charge >= 0.3 is 0 Å². The Labute approximate surface area is 140 Å². The zero-order chi connectivity index (χ0) is 16.9. The highest BCUT2D eigenvalue weighted by molar-refractivity contribution is 6.01. The SMILES string of the molecule is CC(=O)Nc1cccc(OCCOc2cccc3c2CCC3=O)c1. The molecule has 3 rings (SSSR count). The predicted molar refractivity (Wildman–Crippen MR) is 90.8 cm³/mol. The van der Waals surface area contributed by atoms with Gasteiger partial charge in [0.05, 0.1) is 0 Å². The van der Waals surface area contributed by atoms with Crippen molar-refractivity contribution in [3.8, 4) is 11.5 Å². The number of carbonyl (C=O) groups excluding carboxylic acids is 2. The molecule has 0 aromatic heterocycles. The molecule has 2 aromatic carbocycles. The molecule has 0 aliphatic heterocycles. The maximum absolute atomic E-state index is 11.7. The third-order valence-electron chi connectivity index (χ3n) is 3.80. The minimum absolute atomic E-state index is 0.122. The molecule has 1 aliphatic carbocycles. The van der Waals surface area contributed by atoms with Crippen LogP contribution < -0.4 is 14.8 Å². The van der Waals surface area contributed by atoms with E-state index in [0.29, 0.717) is 31.1 Å². The molecule has 0 unspecified atom stereocenters. The molecule has 1 aliphatic rings. The fraction of sp³-hybridized carbons (Fsp3) is 0.263. The molecule has 5 nitrogen and oxygen atoms in total. The van der Waals surface area contributed by atoms with Gasteiger partial charge in [-0.1, -0.05) is 18.2 Å². The minimum atomic E-state index is -0.122. The fourth-order valence-electron chi connectivity index (χ4n) is 2.77. The number of ether oxygens (including phenoxy) is 2. The molecule has 0 atom stereocenters. The molecule has 0 radical (unpaired) electrons. The topological polar surface area (TPSA) is 64.6 Å². The van der Waals surface area contributed by atoms with E-state index in [-0.39, 0.29) is 11.7 Å². The number of fused-ring (bicyclic) bond motifs is 1. The second kappa shape index (κ2) is 7.17. The van der Waals surface area contributed by atoms with Crippen molar-refractivity contribution in [2.75, 3.05) is 18.5 Å². The number of hydrogen-bond donors (Lipinski definition) is 1. The van der Waals surface area contributed by atoms with Crippen molar-refractivity contribution < 1.29 is 19.1 Å². The zero-order valence-corrected chi connectivity index (χ0v) is 13.5. The van der Waals surface area contributed by atoms with Crippen LogP contribution in [-0.4, -0.2) is 24.9 Å². The van der Waals surface area contributed by atoms with E-state index in [4.69, 9.17) is 9.47 Å². The molecule has 124 valence electrons. The molecule has 1 amide bonds. The van der Waals surface area contributed by atoms with Crippen molar-refractivity contribution in [1.82, 2.24) is 0 Å². The summed E-state index contributed by atoms with van der Waals surface area (Å²) >= 11 is 0. The van der Waals surface area contributed by atoms with Gasteiger partial charge in [-0.05, 0) is 24.6 Å². The summed E-state index contributed by atoms with van der Waals surface area (Å²) in [7, 11) is 0. The van der Waals surface area contributed by atoms with Crippen LogP contribution in [0.2, 0.25) is 0 Å². The maximum atomic E-state index is 11.7. The summed E-state index contributed by atoms with van der Waals surface area (Å²) in [5.74, 6) is 1.48. The summed E-state index contributed by atoms with van der Waals surface area (Å²) in [6.07, 6.45) is 1.30. The van der Waals surface area contributed by atoms with Crippen LogP contribution in [-0.2, 0) is 11.2 Å². The van der Waals surface area contributed by atoms with E-state index < -0.39 is 0 Å². The number of hydrogen-bond acceptors (Lipinski definition) is 4. The Morgan fingerprint density at radius 1 is 1.08 bits per heavy atom. The van der Waals surface area contributed by atoms with E-state index in [1.165, 1.54) is 6.92 Å². The third kappa shape index (κ3) is 3.74. The number of amides is 1. The average molecular weight is 325 g/mol. The Bertz CT molecular complexity index is 770. The van der Waals surface area contributed by atoms with Crippen LogP contribution in [0.4, 0.5) is 5.69 Å². The number of anilines is 1. The molecule has 0 spiro atoms. The summed E-state index contributed by atoms with van der Waals surface area (Å²) in [5.41, 5.74) is 2.46. The lowest BCUT2D eigenvalue weighted by molar-refractivity contribution is -0.114. The van der Waals surface area contributed by atoms with E-state index in [1.807, 2.05) is 30.3 Å². The second-order valence-corrected chi connectivity index (χ2v) is 5.61. The lowest BCUT2D eigenvalue weighted by Crippen LogP contribution is -2.10. The van der Waals surface area contributed by atoms with Crippen LogP contribution in [0.5, 0.6) is 11.5 Å². The molecule has 0 bridgehead atoms. The highest BCUT2D eigenvalue weighted by atomic mass is 16.5.